The van der Waals surface area contributed by atoms with Gasteiger partial charge in [-0.25, -0.2) is 0 Å². The highest BCUT2D eigenvalue weighted by molar-refractivity contribution is 5.94. The van der Waals surface area contributed by atoms with Crippen molar-refractivity contribution >= 4 is 5.91 Å². The summed E-state index contributed by atoms with van der Waals surface area (Å²) in [6, 6.07) is 5.24. The Balaban J connectivity index is 1.95. The predicted octanol–water partition coefficient (Wildman–Crippen LogP) is 2.25. The van der Waals surface area contributed by atoms with Gasteiger partial charge in [0.15, 0.2) is 11.5 Å². The van der Waals surface area contributed by atoms with Crippen molar-refractivity contribution in [2.24, 2.45) is 5.92 Å². The standard InChI is InChI=1S/C16H23NO4/c1-19-8-3-9-21-15-10-13(6-7-14(15)20-2)16(18)17-11-12-4-5-12/h6-7,10,12H,3-5,8-9,11H2,1-2H3,(H,17,18). The van der Waals surface area contributed by atoms with Gasteiger partial charge in [-0.3, -0.25) is 4.79 Å². The fourth-order valence-electron chi connectivity index (χ4n) is 1.98. The summed E-state index contributed by atoms with van der Waals surface area (Å²) in [5.74, 6) is 1.82. The first kappa shape index (κ1) is 15.6. The molecule has 5 heteroatoms. The van der Waals surface area contributed by atoms with Gasteiger partial charge in [-0.1, -0.05) is 0 Å². The van der Waals surface area contributed by atoms with Gasteiger partial charge in [-0.2, -0.15) is 0 Å². The van der Waals surface area contributed by atoms with Crippen LogP contribution in [0.15, 0.2) is 18.2 Å². The van der Waals surface area contributed by atoms with E-state index >= 15 is 0 Å². The van der Waals surface area contributed by atoms with E-state index in [1.807, 2.05) is 0 Å². The Labute approximate surface area is 125 Å². The third kappa shape index (κ3) is 4.93. The number of hydrogen-bond acceptors (Lipinski definition) is 4. The average Bonchev–Trinajstić information content (AvgIpc) is 3.33. The summed E-state index contributed by atoms with van der Waals surface area (Å²) in [5, 5.41) is 2.95. The van der Waals surface area contributed by atoms with Crippen molar-refractivity contribution in [3.8, 4) is 11.5 Å². The minimum atomic E-state index is -0.0636. The molecular formula is C16H23NO4. The molecule has 0 aromatic heterocycles. The lowest BCUT2D eigenvalue weighted by Crippen LogP contribution is -2.25. The van der Waals surface area contributed by atoms with Crippen LogP contribution in [-0.2, 0) is 4.74 Å². The number of hydrogen-bond donors (Lipinski definition) is 1. The molecule has 21 heavy (non-hydrogen) atoms. The molecule has 1 fully saturated rings. The van der Waals surface area contributed by atoms with Crippen molar-refractivity contribution in [1.29, 1.82) is 0 Å². The van der Waals surface area contributed by atoms with Crippen LogP contribution in [0.2, 0.25) is 0 Å². The maximum absolute atomic E-state index is 12.1. The molecule has 0 heterocycles. The molecule has 1 N–H and O–H groups in total. The van der Waals surface area contributed by atoms with Crippen LogP contribution < -0.4 is 14.8 Å². The van der Waals surface area contributed by atoms with Crippen LogP contribution in [0.3, 0.4) is 0 Å². The van der Waals surface area contributed by atoms with Gasteiger partial charge in [0.25, 0.3) is 5.91 Å². The molecule has 0 aliphatic heterocycles. The third-order valence-corrected chi connectivity index (χ3v) is 3.42. The van der Waals surface area contributed by atoms with E-state index in [2.05, 4.69) is 5.32 Å². The van der Waals surface area contributed by atoms with Gasteiger partial charge in [-0.15, -0.1) is 0 Å². The molecule has 0 unspecified atom stereocenters. The van der Waals surface area contributed by atoms with E-state index in [4.69, 9.17) is 14.2 Å². The Morgan fingerprint density at radius 1 is 1.24 bits per heavy atom. The van der Waals surface area contributed by atoms with Crippen LogP contribution in [0.4, 0.5) is 0 Å². The Morgan fingerprint density at radius 2 is 2.05 bits per heavy atom. The summed E-state index contributed by atoms with van der Waals surface area (Å²) in [6.07, 6.45) is 3.23. The number of benzene rings is 1. The second kappa shape index (κ2) is 7.88. The molecule has 0 bridgehead atoms. The highest BCUT2D eigenvalue weighted by Gasteiger charge is 2.22. The lowest BCUT2D eigenvalue weighted by Gasteiger charge is -2.12. The first-order valence-electron chi connectivity index (χ1n) is 7.32. The van der Waals surface area contributed by atoms with Crippen molar-refractivity contribution < 1.29 is 19.0 Å². The molecule has 0 atom stereocenters. The molecule has 0 spiro atoms. The molecule has 0 saturated heterocycles. The summed E-state index contributed by atoms with van der Waals surface area (Å²) in [5.41, 5.74) is 0.596. The average molecular weight is 293 g/mol. The lowest BCUT2D eigenvalue weighted by molar-refractivity contribution is 0.0951. The topological polar surface area (TPSA) is 56.8 Å². The number of amides is 1. The van der Waals surface area contributed by atoms with Crippen molar-refractivity contribution in [3.05, 3.63) is 23.8 Å². The highest BCUT2D eigenvalue weighted by Crippen LogP contribution is 2.29. The number of rotatable bonds is 9. The fourth-order valence-corrected chi connectivity index (χ4v) is 1.98. The fraction of sp³-hybridized carbons (Fsp3) is 0.562. The SMILES string of the molecule is COCCCOc1cc(C(=O)NCC2CC2)ccc1OC. The molecule has 1 aromatic rings. The van der Waals surface area contributed by atoms with E-state index in [9.17, 15) is 4.79 Å². The van der Waals surface area contributed by atoms with E-state index in [0.717, 1.165) is 13.0 Å². The zero-order chi connectivity index (χ0) is 15.1. The maximum Gasteiger partial charge on any atom is 0.251 e. The van der Waals surface area contributed by atoms with Gasteiger partial charge in [0.1, 0.15) is 0 Å². The highest BCUT2D eigenvalue weighted by atomic mass is 16.5. The minimum Gasteiger partial charge on any atom is -0.493 e. The first-order valence-corrected chi connectivity index (χ1v) is 7.32. The first-order chi connectivity index (χ1) is 10.2. The molecule has 5 nitrogen and oxygen atoms in total. The number of ether oxygens (including phenoxy) is 3. The van der Waals surface area contributed by atoms with Gasteiger partial charge >= 0.3 is 0 Å². The van der Waals surface area contributed by atoms with E-state index in [-0.39, 0.29) is 5.91 Å². The van der Waals surface area contributed by atoms with Crippen LogP contribution in [0.5, 0.6) is 11.5 Å². The Kier molecular flexibility index (Phi) is 5.87. The summed E-state index contributed by atoms with van der Waals surface area (Å²) in [7, 11) is 3.25. The molecule has 1 aliphatic rings. The molecule has 0 radical (unpaired) electrons. The quantitative estimate of drug-likeness (QED) is 0.710. The van der Waals surface area contributed by atoms with Crippen molar-refractivity contribution in [3.63, 3.8) is 0 Å². The molecule has 1 aliphatic carbocycles. The zero-order valence-electron chi connectivity index (χ0n) is 12.7. The summed E-state index contributed by atoms with van der Waals surface area (Å²) < 4.78 is 15.9. The van der Waals surface area contributed by atoms with E-state index in [1.54, 1.807) is 32.4 Å². The summed E-state index contributed by atoms with van der Waals surface area (Å²) >= 11 is 0. The monoisotopic (exact) mass is 293 g/mol. The van der Waals surface area contributed by atoms with Crippen molar-refractivity contribution in [2.75, 3.05) is 34.0 Å². The number of carbonyl (C=O) groups excluding carboxylic acids is 1. The molecule has 2 rings (SSSR count). The van der Waals surface area contributed by atoms with E-state index in [0.29, 0.717) is 36.2 Å². The Morgan fingerprint density at radius 3 is 2.71 bits per heavy atom. The molecule has 1 aromatic carbocycles. The van der Waals surface area contributed by atoms with Gasteiger partial charge in [0.2, 0.25) is 0 Å². The molecular weight excluding hydrogens is 270 g/mol. The lowest BCUT2D eigenvalue weighted by atomic mass is 10.2. The van der Waals surface area contributed by atoms with Gasteiger partial charge in [0, 0.05) is 32.2 Å². The maximum atomic E-state index is 12.1. The van der Waals surface area contributed by atoms with Crippen LogP contribution in [0, 0.1) is 5.92 Å². The normalized spacial score (nSPS) is 13.8. The summed E-state index contributed by atoms with van der Waals surface area (Å²) in [6.45, 7) is 1.93. The van der Waals surface area contributed by atoms with Gasteiger partial charge < -0.3 is 19.5 Å². The van der Waals surface area contributed by atoms with E-state index in [1.165, 1.54) is 12.8 Å². The van der Waals surface area contributed by atoms with Gasteiger partial charge in [0.05, 0.1) is 13.7 Å². The minimum absolute atomic E-state index is 0.0636. The predicted molar refractivity (Wildman–Crippen MR) is 80.0 cm³/mol. The Bertz CT molecular complexity index is 471. The molecule has 116 valence electrons. The van der Waals surface area contributed by atoms with Crippen LogP contribution in [-0.4, -0.2) is 39.9 Å². The molecule has 1 saturated carbocycles. The third-order valence-electron chi connectivity index (χ3n) is 3.42. The van der Waals surface area contributed by atoms with Crippen LogP contribution >= 0.6 is 0 Å². The molecule has 1 amide bonds. The smallest absolute Gasteiger partial charge is 0.251 e. The second-order valence-corrected chi connectivity index (χ2v) is 5.21. The largest absolute Gasteiger partial charge is 0.493 e. The summed E-state index contributed by atoms with van der Waals surface area (Å²) in [4.78, 5) is 12.1. The second-order valence-electron chi connectivity index (χ2n) is 5.21. The Hall–Kier alpha value is -1.75. The van der Waals surface area contributed by atoms with Crippen molar-refractivity contribution in [1.82, 2.24) is 5.32 Å². The number of carbonyl (C=O) groups is 1. The van der Waals surface area contributed by atoms with Crippen molar-refractivity contribution in [2.45, 2.75) is 19.3 Å². The van der Waals surface area contributed by atoms with Crippen LogP contribution in [0.25, 0.3) is 0 Å². The zero-order valence-corrected chi connectivity index (χ0v) is 12.7. The number of nitrogens with one attached hydrogen (secondary N) is 1. The number of methoxy groups -OCH3 is 2. The van der Waals surface area contributed by atoms with Gasteiger partial charge in [-0.05, 0) is 37.0 Å². The van der Waals surface area contributed by atoms with E-state index < -0.39 is 0 Å². The van der Waals surface area contributed by atoms with Crippen LogP contribution in [0.1, 0.15) is 29.6 Å².